The van der Waals surface area contributed by atoms with Crippen molar-refractivity contribution >= 4 is 13.5 Å². The van der Waals surface area contributed by atoms with Gasteiger partial charge in [0.1, 0.15) is 0 Å². The highest BCUT2D eigenvalue weighted by molar-refractivity contribution is 7.59. The molecule has 0 aromatic rings. The molecule has 0 atom stereocenters. The number of rotatable bonds is 6. The van der Waals surface area contributed by atoms with Gasteiger partial charge >= 0.3 is 0 Å². The highest BCUT2D eigenvalue weighted by atomic mass is 32.1. The SMILES string of the molecule is CCCC.CCCC.CCCC.CCCC.CCCC.CCCC.CNN.S. The van der Waals surface area contributed by atoms with Gasteiger partial charge in [-0.25, -0.2) is 0 Å². The van der Waals surface area contributed by atoms with E-state index in [2.05, 4.69) is 94.4 Å². The zero-order valence-corrected chi connectivity index (χ0v) is 24.1. The quantitative estimate of drug-likeness (QED) is 0.326. The van der Waals surface area contributed by atoms with E-state index in [1.54, 1.807) is 7.05 Å². The molecule has 28 heavy (non-hydrogen) atoms. The number of nitrogens with two attached hydrogens (primary N) is 1. The number of unbranched alkanes of at least 4 members (excludes halogenated alkanes) is 6. The molecule has 0 amide bonds. The molecular weight excluding hydrogens is 360 g/mol. The molecule has 0 aromatic heterocycles. The van der Waals surface area contributed by atoms with Crippen LogP contribution in [0.15, 0.2) is 0 Å². The summed E-state index contributed by atoms with van der Waals surface area (Å²) >= 11 is 0. The van der Waals surface area contributed by atoms with Gasteiger partial charge in [0.25, 0.3) is 0 Å². The Hall–Kier alpha value is 0.270. The number of hydrogen-bond donors (Lipinski definition) is 2. The van der Waals surface area contributed by atoms with Gasteiger partial charge in [0.05, 0.1) is 0 Å². The highest BCUT2D eigenvalue weighted by Crippen LogP contribution is 1.78. The average molecular weight is 429 g/mol. The second kappa shape index (κ2) is 107. The molecule has 0 saturated carbocycles. The fourth-order valence-electron chi connectivity index (χ4n) is 0. The molecule has 3 N–H and O–H groups in total. The zero-order valence-electron chi connectivity index (χ0n) is 23.1. The summed E-state index contributed by atoms with van der Waals surface area (Å²) in [4.78, 5) is 0. The van der Waals surface area contributed by atoms with Crippen LogP contribution in [-0.2, 0) is 0 Å². The average Bonchev–Trinajstić information content (AvgIpc) is 2.74. The van der Waals surface area contributed by atoms with Crippen molar-refractivity contribution in [1.82, 2.24) is 5.43 Å². The first-order valence-electron chi connectivity index (χ1n) is 12.3. The van der Waals surface area contributed by atoms with E-state index in [4.69, 9.17) is 0 Å². The van der Waals surface area contributed by atoms with Crippen molar-refractivity contribution in [1.29, 1.82) is 0 Å². The van der Waals surface area contributed by atoms with E-state index in [1.807, 2.05) is 0 Å². The van der Waals surface area contributed by atoms with Gasteiger partial charge in [-0.05, 0) is 7.05 Å². The Morgan fingerprint density at radius 2 is 0.393 bits per heavy atom. The van der Waals surface area contributed by atoms with Crippen LogP contribution in [0.2, 0.25) is 0 Å². The Labute approximate surface area is 192 Å². The zero-order chi connectivity index (χ0) is 23.2. The summed E-state index contributed by atoms with van der Waals surface area (Å²) in [6, 6.07) is 0. The van der Waals surface area contributed by atoms with Gasteiger partial charge in [-0.15, -0.1) is 0 Å². The fourth-order valence-corrected chi connectivity index (χ4v) is 0. The third kappa shape index (κ3) is 427. The Bertz CT molecular complexity index is 69.7. The minimum atomic E-state index is 0. The Kier molecular flexibility index (Phi) is 195. The van der Waals surface area contributed by atoms with Gasteiger partial charge in [-0.3, -0.25) is 11.3 Å². The molecule has 0 aliphatic rings. The van der Waals surface area contributed by atoms with E-state index >= 15 is 0 Å². The molecule has 0 spiro atoms. The van der Waals surface area contributed by atoms with Crippen molar-refractivity contribution < 1.29 is 0 Å². The first kappa shape index (κ1) is 51.2. The lowest BCUT2D eigenvalue weighted by Gasteiger charge is -1.68. The molecule has 0 saturated heterocycles. The van der Waals surface area contributed by atoms with Crippen LogP contribution in [0.4, 0.5) is 0 Å². The van der Waals surface area contributed by atoms with Crippen molar-refractivity contribution in [2.24, 2.45) is 5.84 Å². The van der Waals surface area contributed by atoms with Crippen LogP contribution in [0.25, 0.3) is 0 Å². The molecule has 0 heterocycles. The first-order chi connectivity index (χ1) is 12.9. The summed E-state index contributed by atoms with van der Waals surface area (Å²) in [6.07, 6.45) is 15.8. The lowest BCUT2D eigenvalue weighted by Crippen LogP contribution is -2.13. The van der Waals surface area contributed by atoms with Crippen LogP contribution >= 0.6 is 13.5 Å². The molecule has 3 heteroatoms. The Morgan fingerprint density at radius 1 is 0.357 bits per heavy atom. The van der Waals surface area contributed by atoms with E-state index in [0.29, 0.717) is 0 Å². The molecule has 0 fully saturated rings. The van der Waals surface area contributed by atoms with Crippen LogP contribution in [0.3, 0.4) is 0 Å². The maximum Gasteiger partial charge on any atom is -0.00172 e. The second-order valence-corrected chi connectivity index (χ2v) is 6.29. The third-order valence-corrected chi connectivity index (χ3v) is 3.00. The molecule has 184 valence electrons. The van der Waals surface area contributed by atoms with E-state index in [9.17, 15) is 0 Å². The number of hydrogen-bond acceptors (Lipinski definition) is 2. The van der Waals surface area contributed by atoms with Crippen LogP contribution in [0.1, 0.15) is 160 Å². The largest absolute Gasteiger partial charge is 0.272 e. The molecule has 0 unspecified atom stereocenters. The lowest BCUT2D eigenvalue weighted by atomic mass is 10.4. The van der Waals surface area contributed by atoms with E-state index < -0.39 is 0 Å². The predicted molar refractivity (Wildman–Crippen MR) is 147 cm³/mol. The van der Waals surface area contributed by atoms with Crippen molar-refractivity contribution in [3.8, 4) is 0 Å². The topological polar surface area (TPSA) is 38.0 Å². The van der Waals surface area contributed by atoms with Gasteiger partial charge in [0, 0.05) is 0 Å². The second-order valence-electron chi connectivity index (χ2n) is 6.29. The van der Waals surface area contributed by atoms with Crippen LogP contribution in [0.5, 0.6) is 0 Å². The third-order valence-electron chi connectivity index (χ3n) is 3.00. The molecule has 0 aliphatic heterocycles. The Morgan fingerprint density at radius 3 is 0.393 bits per heavy atom. The Balaban J connectivity index is -0.0000000277. The molecule has 0 aliphatic carbocycles. The van der Waals surface area contributed by atoms with Gasteiger partial charge in [-0.1, -0.05) is 160 Å². The van der Waals surface area contributed by atoms with Gasteiger partial charge in [-0.2, -0.15) is 13.5 Å². The molecule has 2 nitrogen and oxygen atoms in total. The van der Waals surface area contributed by atoms with Crippen molar-refractivity contribution in [2.45, 2.75) is 160 Å². The maximum absolute atomic E-state index is 4.60. The van der Waals surface area contributed by atoms with Gasteiger partial charge < -0.3 is 0 Å². The molecule has 0 aromatic carbocycles. The van der Waals surface area contributed by atoms with Crippen LogP contribution < -0.4 is 11.3 Å². The van der Waals surface area contributed by atoms with Gasteiger partial charge in [0.15, 0.2) is 0 Å². The van der Waals surface area contributed by atoms with Crippen molar-refractivity contribution in [3.05, 3.63) is 0 Å². The van der Waals surface area contributed by atoms with Crippen LogP contribution in [0, 0.1) is 0 Å². The smallest absolute Gasteiger partial charge is 0.00172 e. The summed E-state index contributed by atoms with van der Waals surface area (Å²) in [6.45, 7) is 26.2. The molecule has 0 bridgehead atoms. The standard InChI is InChI=1S/6C4H10.CH6N2.H2S/c6*1-3-4-2;1-3-2;/h6*3-4H2,1-2H3;3H,2H2,1H3;1H2. The minimum Gasteiger partial charge on any atom is -0.272 e. The predicted octanol–water partition coefficient (Wildman–Crippen LogP) is 10.0. The van der Waals surface area contributed by atoms with E-state index in [0.717, 1.165) is 0 Å². The summed E-state index contributed by atoms with van der Waals surface area (Å²) in [7, 11) is 1.65. The molecule has 0 rings (SSSR count). The van der Waals surface area contributed by atoms with Crippen molar-refractivity contribution in [2.75, 3.05) is 7.05 Å². The molecule has 0 radical (unpaired) electrons. The normalized spacial score (nSPS) is 7.07. The summed E-state index contributed by atoms with van der Waals surface area (Å²) in [5.74, 6) is 4.60. The summed E-state index contributed by atoms with van der Waals surface area (Å²) in [5, 5.41) is 0. The van der Waals surface area contributed by atoms with E-state index in [1.165, 1.54) is 77.0 Å². The van der Waals surface area contributed by atoms with Gasteiger partial charge in [0.2, 0.25) is 0 Å². The summed E-state index contributed by atoms with van der Waals surface area (Å²) < 4.78 is 0. The van der Waals surface area contributed by atoms with Crippen molar-refractivity contribution in [3.63, 3.8) is 0 Å². The number of nitrogens with one attached hydrogen (secondary N) is 1. The lowest BCUT2D eigenvalue weighted by molar-refractivity contribution is 0.886. The first-order valence-corrected chi connectivity index (χ1v) is 12.3. The fraction of sp³-hybridized carbons (Fsp3) is 1.00. The van der Waals surface area contributed by atoms with E-state index in [-0.39, 0.29) is 13.5 Å². The van der Waals surface area contributed by atoms with Crippen LogP contribution in [-0.4, -0.2) is 7.05 Å². The summed E-state index contributed by atoms with van der Waals surface area (Å²) in [5.41, 5.74) is 2.25. The number of hydrazine groups is 1. The monoisotopic (exact) mass is 429 g/mol. The minimum absolute atomic E-state index is 0. The highest BCUT2D eigenvalue weighted by Gasteiger charge is 1.58. The maximum atomic E-state index is 4.60. The molecular formula is C25H68N2S.